The van der Waals surface area contributed by atoms with E-state index >= 15 is 0 Å². The standard InChI is InChI=1S/C37H37N3O7/c1-23(22-41)40-33-35(44)39(27-17-16-24-10-5-6-13-26(24)20-27)19-9-18-37(33)32(34(40)43)31-28(47-37)14-7-8-15-30(42)38-21-29(46-36(31)45)25-11-3-2-4-12-25/h2-7,9-14,16-18,20,23,28-29,31-33,41H,8,15,19,21-22H2,1H3,(H,38,42)/b14-7-/t23-,28-,29+,31+,32+,33-,37+/m1/s1. The Morgan fingerprint density at radius 2 is 1.72 bits per heavy atom. The molecule has 0 aromatic heterocycles. The average molecular weight is 636 g/mol. The van der Waals surface area contributed by atoms with Gasteiger partial charge in [0.25, 0.3) is 5.91 Å². The molecular weight excluding hydrogens is 598 g/mol. The molecule has 0 unspecified atom stereocenters. The van der Waals surface area contributed by atoms with Crippen molar-refractivity contribution in [1.82, 2.24) is 10.2 Å². The van der Waals surface area contributed by atoms with E-state index in [1.807, 2.05) is 78.9 Å². The lowest BCUT2D eigenvalue weighted by molar-refractivity contribution is -0.160. The molecule has 7 rings (SSSR count). The second-order valence-corrected chi connectivity index (χ2v) is 12.6. The number of cyclic esters (lactones) is 1. The summed E-state index contributed by atoms with van der Waals surface area (Å²) in [6.07, 6.45) is 5.98. The molecule has 0 saturated carbocycles. The fourth-order valence-electron chi connectivity index (χ4n) is 7.48. The number of aliphatic hydroxyl groups excluding tert-OH is 1. The van der Waals surface area contributed by atoms with Gasteiger partial charge in [0.15, 0.2) is 0 Å². The molecule has 2 saturated heterocycles. The lowest BCUT2D eigenvalue weighted by Crippen LogP contribution is -2.57. The summed E-state index contributed by atoms with van der Waals surface area (Å²) in [6, 6.07) is 20.9. The smallest absolute Gasteiger partial charge is 0.313 e. The largest absolute Gasteiger partial charge is 0.455 e. The lowest BCUT2D eigenvalue weighted by Gasteiger charge is -2.37. The number of carbonyl (C=O) groups excluding carboxylic acids is 4. The number of nitrogens with zero attached hydrogens (tertiary/aromatic N) is 2. The summed E-state index contributed by atoms with van der Waals surface area (Å²) in [5.74, 6) is -3.83. The van der Waals surface area contributed by atoms with E-state index in [-0.39, 0.29) is 37.9 Å². The summed E-state index contributed by atoms with van der Waals surface area (Å²) in [5, 5.41) is 15.1. The molecule has 3 aromatic rings. The number of aliphatic hydroxyl groups is 1. The molecule has 2 N–H and O–H groups in total. The summed E-state index contributed by atoms with van der Waals surface area (Å²) in [7, 11) is 0. The molecule has 7 atom stereocenters. The van der Waals surface area contributed by atoms with E-state index in [0.717, 1.165) is 10.8 Å². The fourth-order valence-corrected chi connectivity index (χ4v) is 7.48. The van der Waals surface area contributed by atoms with E-state index in [9.17, 15) is 24.3 Å². The number of anilines is 1. The van der Waals surface area contributed by atoms with Gasteiger partial charge in [-0.15, -0.1) is 0 Å². The van der Waals surface area contributed by atoms with Crippen LogP contribution in [-0.2, 0) is 28.7 Å². The zero-order valence-electron chi connectivity index (χ0n) is 26.0. The first-order valence-corrected chi connectivity index (χ1v) is 16.1. The fraction of sp³-hybridized carbons (Fsp3) is 0.351. The third-order valence-corrected chi connectivity index (χ3v) is 9.77. The van der Waals surface area contributed by atoms with Crippen LogP contribution in [0.4, 0.5) is 5.69 Å². The third kappa shape index (κ3) is 5.31. The van der Waals surface area contributed by atoms with Crippen LogP contribution in [-0.4, -0.2) is 77.2 Å². The second-order valence-electron chi connectivity index (χ2n) is 12.6. The zero-order chi connectivity index (χ0) is 32.7. The van der Waals surface area contributed by atoms with Crippen molar-refractivity contribution in [2.24, 2.45) is 11.8 Å². The predicted octanol–water partition coefficient (Wildman–Crippen LogP) is 3.45. The predicted molar refractivity (Wildman–Crippen MR) is 174 cm³/mol. The van der Waals surface area contributed by atoms with E-state index in [0.29, 0.717) is 17.7 Å². The average Bonchev–Trinajstić information content (AvgIpc) is 3.48. The number of allylic oxidation sites excluding steroid dienone is 1. The van der Waals surface area contributed by atoms with Gasteiger partial charge in [-0.2, -0.15) is 0 Å². The van der Waals surface area contributed by atoms with Crippen molar-refractivity contribution in [3.63, 3.8) is 0 Å². The third-order valence-electron chi connectivity index (χ3n) is 9.77. The number of benzene rings is 3. The maximum absolute atomic E-state index is 14.7. The van der Waals surface area contributed by atoms with Crippen molar-refractivity contribution in [2.45, 2.75) is 49.7 Å². The molecule has 47 heavy (non-hydrogen) atoms. The second kappa shape index (κ2) is 12.4. The first kappa shape index (κ1) is 30.8. The number of carbonyl (C=O) groups is 4. The Bertz CT molecular complexity index is 1770. The van der Waals surface area contributed by atoms with Crippen LogP contribution in [0.5, 0.6) is 0 Å². The summed E-state index contributed by atoms with van der Waals surface area (Å²) in [6.45, 7) is 1.59. The van der Waals surface area contributed by atoms with Crippen molar-refractivity contribution in [3.05, 3.63) is 103 Å². The zero-order valence-corrected chi connectivity index (χ0v) is 26.0. The molecule has 4 aliphatic heterocycles. The highest BCUT2D eigenvalue weighted by molar-refractivity contribution is 6.06. The van der Waals surface area contributed by atoms with Crippen LogP contribution in [0.1, 0.15) is 31.4 Å². The summed E-state index contributed by atoms with van der Waals surface area (Å²) >= 11 is 0. The highest BCUT2D eigenvalue weighted by Crippen LogP contribution is 2.54. The van der Waals surface area contributed by atoms with E-state index in [1.165, 1.54) is 4.90 Å². The topological polar surface area (TPSA) is 125 Å². The van der Waals surface area contributed by atoms with Crippen molar-refractivity contribution >= 4 is 40.2 Å². The van der Waals surface area contributed by atoms with Gasteiger partial charge >= 0.3 is 5.97 Å². The van der Waals surface area contributed by atoms with E-state index in [2.05, 4.69) is 5.32 Å². The highest BCUT2D eigenvalue weighted by Gasteiger charge is 2.72. The minimum Gasteiger partial charge on any atom is -0.455 e. The first-order valence-electron chi connectivity index (χ1n) is 16.1. The van der Waals surface area contributed by atoms with Gasteiger partial charge in [0.2, 0.25) is 11.8 Å². The molecule has 4 aliphatic rings. The molecule has 10 nitrogen and oxygen atoms in total. The van der Waals surface area contributed by atoms with Crippen LogP contribution in [0.2, 0.25) is 0 Å². The van der Waals surface area contributed by atoms with Crippen LogP contribution >= 0.6 is 0 Å². The number of fused-ring (bicyclic) bond motifs is 3. The van der Waals surface area contributed by atoms with Gasteiger partial charge in [-0.05, 0) is 41.8 Å². The van der Waals surface area contributed by atoms with Crippen molar-refractivity contribution in [3.8, 4) is 0 Å². The van der Waals surface area contributed by atoms with Crippen molar-refractivity contribution in [2.75, 3.05) is 24.6 Å². The van der Waals surface area contributed by atoms with E-state index in [4.69, 9.17) is 9.47 Å². The highest BCUT2D eigenvalue weighted by atomic mass is 16.6. The normalized spacial score (nSPS) is 30.7. The van der Waals surface area contributed by atoms with E-state index in [1.54, 1.807) is 30.1 Å². The van der Waals surface area contributed by atoms with Crippen LogP contribution < -0.4 is 10.2 Å². The SMILES string of the molecule is C[C@H](CO)N1C(=O)[C@@H]2[C@H]3C(=O)O[C@H](c4ccccc4)CNC(=O)CC/C=C\[C@H]3O[C@@]23C=CCN(c2ccc4ccccc4c2)C(=O)[C@@H]13. The van der Waals surface area contributed by atoms with Crippen LogP contribution in [0.15, 0.2) is 97.1 Å². The number of nitrogens with one attached hydrogen (secondary N) is 1. The Balaban J connectivity index is 1.31. The van der Waals surface area contributed by atoms with Gasteiger partial charge in [0, 0.05) is 18.7 Å². The first-order chi connectivity index (χ1) is 22.8. The number of esters is 1. The number of ether oxygens (including phenoxy) is 2. The van der Waals surface area contributed by atoms with Crippen LogP contribution in [0, 0.1) is 11.8 Å². The Morgan fingerprint density at radius 3 is 2.51 bits per heavy atom. The van der Waals surface area contributed by atoms with Crippen molar-refractivity contribution in [1.29, 1.82) is 0 Å². The van der Waals surface area contributed by atoms with E-state index < -0.39 is 53.6 Å². The summed E-state index contributed by atoms with van der Waals surface area (Å²) in [5.41, 5.74) is -0.145. The number of amides is 3. The molecule has 4 heterocycles. The number of rotatable bonds is 4. The van der Waals surface area contributed by atoms with Gasteiger partial charge in [-0.25, -0.2) is 0 Å². The molecule has 1 spiro atoms. The number of hydrogen-bond acceptors (Lipinski definition) is 7. The molecule has 3 aromatic carbocycles. The molecule has 10 heteroatoms. The van der Waals surface area contributed by atoms with Crippen LogP contribution in [0.3, 0.4) is 0 Å². The van der Waals surface area contributed by atoms with Crippen molar-refractivity contribution < 1.29 is 33.8 Å². The molecule has 0 aliphatic carbocycles. The quantitative estimate of drug-likeness (QED) is 0.332. The Hall–Kier alpha value is -4.80. The minimum absolute atomic E-state index is 0.0652. The molecular formula is C37H37N3O7. The molecule has 2 fully saturated rings. The Morgan fingerprint density at radius 1 is 0.957 bits per heavy atom. The Kier molecular flexibility index (Phi) is 8.15. The summed E-state index contributed by atoms with van der Waals surface area (Å²) < 4.78 is 12.9. The number of likely N-dealkylation sites (tertiary alicyclic amines) is 1. The van der Waals surface area contributed by atoms with Gasteiger partial charge in [-0.3, -0.25) is 19.2 Å². The maximum Gasteiger partial charge on any atom is 0.313 e. The minimum atomic E-state index is -1.50. The van der Waals surface area contributed by atoms with Gasteiger partial charge < -0.3 is 29.7 Å². The monoisotopic (exact) mass is 635 g/mol. The summed E-state index contributed by atoms with van der Waals surface area (Å²) in [4.78, 5) is 59.1. The molecule has 3 amide bonds. The molecule has 242 valence electrons. The molecule has 0 radical (unpaired) electrons. The van der Waals surface area contributed by atoms with Gasteiger partial charge in [0.1, 0.15) is 23.7 Å². The number of hydrogen-bond donors (Lipinski definition) is 2. The van der Waals surface area contributed by atoms with Gasteiger partial charge in [0.05, 0.1) is 31.2 Å². The lowest BCUT2D eigenvalue weighted by atomic mass is 9.78. The van der Waals surface area contributed by atoms with Crippen LogP contribution in [0.25, 0.3) is 10.8 Å². The molecule has 0 bridgehead atoms. The Labute approximate surface area is 272 Å². The van der Waals surface area contributed by atoms with Gasteiger partial charge in [-0.1, -0.05) is 85.0 Å². The maximum atomic E-state index is 14.7.